The molecule has 4 heteroatoms. The van der Waals surface area contributed by atoms with Crippen LogP contribution in [0.15, 0.2) is 140 Å². The van der Waals surface area contributed by atoms with E-state index in [0.29, 0.717) is 39.0 Å². The summed E-state index contributed by atoms with van der Waals surface area (Å²) in [5.41, 5.74) is 2.58. The fourth-order valence-corrected chi connectivity index (χ4v) is 8.56. The second-order valence-corrected chi connectivity index (χ2v) is 20.9. The van der Waals surface area contributed by atoms with Gasteiger partial charge in [0.05, 0.1) is 28.0 Å². The highest BCUT2D eigenvalue weighted by Gasteiger charge is 2.31. The van der Waals surface area contributed by atoms with Gasteiger partial charge >= 0.3 is 0 Å². The number of nitrogens with zero attached hydrogens (tertiary/aromatic N) is 3. The summed E-state index contributed by atoms with van der Waals surface area (Å²) in [6.45, 7) is 3.19. The van der Waals surface area contributed by atoms with E-state index in [1.807, 2.05) is 98.1 Å². The van der Waals surface area contributed by atoms with Crippen LogP contribution in [0.5, 0.6) is 5.75 Å². The van der Waals surface area contributed by atoms with Crippen molar-refractivity contribution in [1.82, 2.24) is 14.5 Å². The van der Waals surface area contributed by atoms with E-state index < -0.39 is 67.1 Å². The van der Waals surface area contributed by atoms with Crippen LogP contribution in [0.2, 0.25) is 0 Å². The molecule has 6 aromatic carbocycles. The molecule has 0 aliphatic rings. The van der Waals surface area contributed by atoms with Crippen molar-refractivity contribution in [3.8, 4) is 67.5 Å². The van der Waals surface area contributed by atoms with Gasteiger partial charge in [0.15, 0.2) is 0 Å². The second kappa shape index (κ2) is 16.6. The number of pyridine rings is 1. The Hall–Kier alpha value is -6.26. The van der Waals surface area contributed by atoms with Gasteiger partial charge in [-0.25, -0.2) is 4.98 Å². The van der Waals surface area contributed by atoms with Gasteiger partial charge in [-0.05, 0) is 126 Å². The van der Waals surface area contributed by atoms with Crippen molar-refractivity contribution in [2.45, 2.75) is 131 Å². The van der Waals surface area contributed by atoms with Gasteiger partial charge in [-0.2, -0.15) is 0 Å². The van der Waals surface area contributed by atoms with Gasteiger partial charge < -0.3 is 5.11 Å². The van der Waals surface area contributed by atoms with Crippen LogP contribution in [-0.4, -0.2) is 19.6 Å². The molecule has 338 valence electrons. The molecule has 0 saturated carbocycles. The van der Waals surface area contributed by atoms with Crippen molar-refractivity contribution in [1.29, 1.82) is 0 Å². The van der Waals surface area contributed by atoms with Crippen molar-refractivity contribution >= 4 is 11.0 Å². The van der Waals surface area contributed by atoms with E-state index in [0.717, 1.165) is 46.0 Å². The molecular weight excluding hydrogens is 803 g/mol. The summed E-state index contributed by atoms with van der Waals surface area (Å²) in [5, 5.41) is 12.8. The lowest BCUT2D eigenvalue weighted by Crippen LogP contribution is -2.18. The Kier molecular flexibility index (Phi) is 7.74. The van der Waals surface area contributed by atoms with E-state index >= 15 is 0 Å². The summed E-state index contributed by atoms with van der Waals surface area (Å²) in [7, 11) is 0. The summed E-state index contributed by atoms with van der Waals surface area (Å²) in [5.74, 6) is -0.266. The molecule has 66 heavy (non-hydrogen) atoms. The Morgan fingerprint density at radius 2 is 1.08 bits per heavy atom. The molecule has 4 nitrogen and oxygen atoms in total. The zero-order chi connectivity index (χ0) is 60.2. The Morgan fingerprint density at radius 3 is 1.73 bits per heavy atom. The lowest BCUT2D eigenvalue weighted by Gasteiger charge is -2.28. The predicted molar refractivity (Wildman–Crippen MR) is 281 cm³/mol. The fraction of sp³-hybridized carbons (Fsp3) is 0.323. The minimum absolute atomic E-state index is 0.144. The zero-order valence-electron chi connectivity index (χ0n) is 54.6. The van der Waals surface area contributed by atoms with Crippen LogP contribution >= 0.6 is 0 Å². The monoisotopic (exact) mass is 887 g/mol. The Bertz CT molecular complexity index is 3610. The van der Waals surface area contributed by atoms with Crippen LogP contribution in [0.3, 0.4) is 0 Å². The first-order chi connectivity index (χ1) is 37.0. The fourth-order valence-electron chi connectivity index (χ4n) is 8.56. The second-order valence-electron chi connectivity index (χ2n) is 20.9. The number of para-hydroxylation sites is 1. The minimum atomic E-state index is -3.41. The quantitative estimate of drug-likeness (QED) is 0.181. The molecule has 0 bridgehead atoms. The molecule has 8 aromatic rings. The van der Waals surface area contributed by atoms with Crippen LogP contribution in [-0.2, 0) is 27.1 Å². The third-order valence-corrected chi connectivity index (χ3v) is 12.4. The van der Waals surface area contributed by atoms with Crippen LogP contribution < -0.4 is 0 Å². The van der Waals surface area contributed by atoms with E-state index in [9.17, 15) is 5.11 Å². The van der Waals surface area contributed by atoms with E-state index in [1.54, 1.807) is 18.3 Å². The number of fused-ring (bicyclic) bond motifs is 1. The van der Waals surface area contributed by atoms with E-state index in [2.05, 4.69) is 59.7 Å². The van der Waals surface area contributed by atoms with E-state index in [-0.39, 0.29) is 22.5 Å². The predicted octanol–water partition coefficient (Wildman–Crippen LogP) is 16.9. The molecular formula is C62H69N3O. The van der Waals surface area contributed by atoms with Gasteiger partial charge in [0.25, 0.3) is 0 Å². The smallest absolute Gasteiger partial charge is 0.149 e. The average molecular weight is 887 g/mol. The van der Waals surface area contributed by atoms with Gasteiger partial charge in [-0.1, -0.05) is 188 Å². The third-order valence-electron chi connectivity index (χ3n) is 12.4. The van der Waals surface area contributed by atoms with E-state index in [4.69, 9.17) is 30.5 Å². The number of aromatic nitrogens is 3. The summed E-state index contributed by atoms with van der Waals surface area (Å²) in [6, 6.07) is 40.6. The molecule has 0 saturated heterocycles. The van der Waals surface area contributed by atoms with Gasteiger partial charge in [-0.15, -0.1) is 0 Å². The molecule has 0 radical (unpaired) electrons. The average Bonchev–Trinajstić information content (AvgIpc) is 3.99. The van der Waals surface area contributed by atoms with Crippen LogP contribution in [0.4, 0.5) is 0 Å². The molecule has 0 amide bonds. The van der Waals surface area contributed by atoms with Crippen molar-refractivity contribution in [2.24, 2.45) is 0 Å². The molecule has 0 fully saturated rings. The number of aromatic hydroxyl groups is 1. The number of rotatable bonds is 6. The number of imidazole rings is 1. The topological polar surface area (TPSA) is 50.9 Å². The standard InChI is InChI=1S/C62H69N3O/c1-58(2,3)45-27-24-40(25-28-45)42-30-31-63-52(36-42)44-32-43(33-46(34-44)59(4,5)6)48-22-19-23-54-55(48)64-57(49-37-47(60(7,8)9)38-51(56(49)66)62(13,14)15)65(54)53-29-26-41(35-50(53)61(10,11)12)39-20-17-16-18-21-39/h16-38,66H,1-15H3/i1D3,2D3,3D3,13D3,14D3. The van der Waals surface area contributed by atoms with Crippen LogP contribution in [0.25, 0.3) is 72.7 Å². The van der Waals surface area contributed by atoms with E-state index in [1.165, 1.54) is 30.3 Å². The number of hydrogen-bond acceptors (Lipinski definition) is 3. The maximum Gasteiger partial charge on any atom is 0.149 e. The lowest BCUT2D eigenvalue weighted by molar-refractivity contribution is 0.446. The first-order valence-corrected chi connectivity index (χ1v) is 22.4. The molecule has 0 atom stereocenters. The number of hydrogen-bond donors (Lipinski definition) is 1. The summed E-state index contributed by atoms with van der Waals surface area (Å²) in [4.78, 5) is 10.3. The van der Waals surface area contributed by atoms with Crippen LogP contribution in [0, 0.1) is 0 Å². The number of benzene rings is 6. The van der Waals surface area contributed by atoms with Gasteiger partial charge in [-0.3, -0.25) is 9.55 Å². The summed E-state index contributed by atoms with van der Waals surface area (Å²) < 4.78 is 128. The molecule has 8 rings (SSSR count). The van der Waals surface area contributed by atoms with Crippen molar-refractivity contribution in [3.63, 3.8) is 0 Å². The molecule has 0 aliphatic heterocycles. The highest BCUT2D eigenvalue weighted by molar-refractivity contribution is 5.97. The maximum absolute atomic E-state index is 12.8. The Labute approximate surface area is 415 Å². The van der Waals surface area contributed by atoms with Crippen LogP contribution in [0.1, 0.15) is 152 Å². The normalized spacial score (nSPS) is 17.2. The Balaban J connectivity index is 1.41. The molecule has 1 N–H and O–H groups in total. The zero-order valence-corrected chi connectivity index (χ0v) is 39.6. The molecule has 2 heterocycles. The molecule has 0 spiro atoms. The van der Waals surface area contributed by atoms with Gasteiger partial charge in [0, 0.05) is 43.4 Å². The number of phenols is 1. The Morgan fingerprint density at radius 1 is 0.455 bits per heavy atom. The number of phenolic OH excluding ortho intramolecular Hbond substituents is 1. The largest absolute Gasteiger partial charge is 0.507 e. The molecule has 0 unspecified atom stereocenters. The summed E-state index contributed by atoms with van der Waals surface area (Å²) in [6.07, 6.45) is 1.63. The summed E-state index contributed by atoms with van der Waals surface area (Å²) >= 11 is 0. The molecule has 2 aromatic heterocycles. The third kappa shape index (κ3) is 9.12. The first kappa shape index (κ1) is 30.9. The maximum atomic E-state index is 12.8. The minimum Gasteiger partial charge on any atom is -0.507 e. The van der Waals surface area contributed by atoms with Gasteiger partial charge in [0.1, 0.15) is 11.6 Å². The van der Waals surface area contributed by atoms with Crippen molar-refractivity contribution in [2.75, 3.05) is 0 Å². The van der Waals surface area contributed by atoms with Crippen molar-refractivity contribution in [3.05, 3.63) is 167 Å². The highest BCUT2D eigenvalue weighted by Crippen LogP contribution is 2.46. The van der Waals surface area contributed by atoms with Crippen molar-refractivity contribution < 1.29 is 25.7 Å². The van der Waals surface area contributed by atoms with Gasteiger partial charge in [0.2, 0.25) is 0 Å². The SMILES string of the molecule is [2H]C([2H])([2H])C(C)(c1cc(C(C)(C)C)cc(-c2nc3c(-c4cc(-c5cc(-c6ccc(C(C([2H])([2H])[2H])(C([2H])([2H])[2H])C([2H])([2H])[2H])cc6)ccn5)cc(C(C)(C)C)c4)cccc3n2-c2ccc(-c3ccccc3)cc2C(C)(C)C)c1O)C([2H])([2H])[2H]. The lowest BCUT2D eigenvalue weighted by atomic mass is 9.78. The first-order valence-electron chi connectivity index (χ1n) is 29.9. The molecule has 0 aliphatic carbocycles. The highest BCUT2D eigenvalue weighted by atomic mass is 16.3.